The van der Waals surface area contributed by atoms with Crippen LogP contribution in [0.2, 0.25) is 0 Å². The van der Waals surface area contributed by atoms with Crippen LogP contribution >= 0.6 is 0 Å². The highest BCUT2D eigenvalue weighted by Crippen LogP contribution is 2.35. The summed E-state index contributed by atoms with van der Waals surface area (Å²) < 4.78 is 0. The van der Waals surface area contributed by atoms with E-state index in [0.717, 1.165) is 13.1 Å². The fraction of sp³-hybridized carbons (Fsp3) is 0.500. The van der Waals surface area contributed by atoms with Crippen molar-refractivity contribution in [2.75, 3.05) is 26.7 Å². The van der Waals surface area contributed by atoms with Crippen molar-refractivity contribution in [1.82, 2.24) is 9.88 Å². The van der Waals surface area contributed by atoms with E-state index in [-0.39, 0.29) is 12.5 Å². The van der Waals surface area contributed by atoms with Gasteiger partial charge in [-0.2, -0.15) is 0 Å². The quantitative estimate of drug-likeness (QED) is 0.888. The van der Waals surface area contributed by atoms with Crippen LogP contribution in [0.25, 0.3) is 10.9 Å². The zero-order valence-corrected chi connectivity index (χ0v) is 11.5. The molecule has 102 valence electrons. The summed E-state index contributed by atoms with van der Waals surface area (Å²) in [6.07, 6.45) is 4.45. The number of rotatable bonds is 3. The molecule has 1 aliphatic heterocycles. The van der Waals surface area contributed by atoms with Crippen LogP contribution in [-0.2, 0) is 0 Å². The first-order chi connectivity index (χ1) is 9.29. The number of aromatic nitrogens is 1. The van der Waals surface area contributed by atoms with Gasteiger partial charge in [0.15, 0.2) is 0 Å². The minimum atomic E-state index is 0.246. The predicted molar refractivity (Wildman–Crippen MR) is 78.3 cm³/mol. The normalized spacial score (nSPS) is 19.9. The van der Waals surface area contributed by atoms with Crippen molar-refractivity contribution in [3.8, 4) is 0 Å². The van der Waals surface area contributed by atoms with Crippen molar-refractivity contribution in [2.24, 2.45) is 5.92 Å². The number of aliphatic hydroxyl groups excluding tert-OH is 1. The summed E-state index contributed by atoms with van der Waals surface area (Å²) in [5.41, 5.74) is 2.46. The van der Waals surface area contributed by atoms with Gasteiger partial charge in [-0.1, -0.05) is 18.2 Å². The molecule has 3 rings (SSSR count). The molecule has 0 aliphatic carbocycles. The summed E-state index contributed by atoms with van der Waals surface area (Å²) in [6.45, 7) is 2.53. The molecule has 0 bridgehead atoms. The van der Waals surface area contributed by atoms with E-state index >= 15 is 0 Å². The number of para-hydroxylation sites is 1. The number of hydrogen-bond donors (Lipinski definition) is 2. The average molecular weight is 258 g/mol. The minimum Gasteiger partial charge on any atom is -0.396 e. The molecule has 1 saturated heterocycles. The fourth-order valence-corrected chi connectivity index (χ4v) is 3.33. The van der Waals surface area contributed by atoms with Gasteiger partial charge in [-0.25, -0.2) is 0 Å². The van der Waals surface area contributed by atoms with E-state index in [4.69, 9.17) is 0 Å². The highest BCUT2D eigenvalue weighted by molar-refractivity contribution is 5.83. The van der Waals surface area contributed by atoms with Crippen LogP contribution in [0.1, 0.15) is 24.3 Å². The first-order valence-electron chi connectivity index (χ1n) is 7.15. The second kappa shape index (κ2) is 5.35. The van der Waals surface area contributed by atoms with E-state index in [9.17, 15) is 5.11 Å². The Labute approximate surface area is 114 Å². The number of fused-ring (bicyclic) bond motifs is 1. The Kier molecular flexibility index (Phi) is 3.58. The van der Waals surface area contributed by atoms with Crippen LogP contribution in [0, 0.1) is 5.92 Å². The number of likely N-dealkylation sites (tertiary alicyclic amines) is 1. The van der Waals surface area contributed by atoms with Crippen molar-refractivity contribution < 1.29 is 5.11 Å². The van der Waals surface area contributed by atoms with Gasteiger partial charge in [-0.05, 0) is 50.5 Å². The summed E-state index contributed by atoms with van der Waals surface area (Å²) >= 11 is 0. The molecule has 3 heteroatoms. The molecule has 3 nitrogen and oxygen atoms in total. The fourth-order valence-electron chi connectivity index (χ4n) is 3.33. The lowest BCUT2D eigenvalue weighted by molar-refractivity contribution is 0.157. The zero-order chi connectivity index (χ0) is 13.2. The molecule has 1 aliphatic rings. The van der Waals surface area contributed by atoms with Crippen molar-refractivity contribution >= 4 is 10.9 Å². The van der Waals surface area contributed by atoms with E-state index in [2.05, 4.69) is 41.3 Å². The Morgan fingerprint density at radius 1 is 1.32 bits per heavy atom. The number of nitrogens with one attached hydrogen (secondary N) is 1. The van der Waals surface area contributed by atoms with Crippen LogP contribution in [0.3, 0.4) is 0 Å². The van der Waals surface area contributed by atoms with Crippen molar-refractivity contribution in [1.29, 1.82) is 0 Å². The number of nitrogens with zero attached hydrogens (tertiary/aromatic N) is 1. The maximum absolute atomic E-state index is 9.85. The predicted octanol–water partition coefficient (Wildman–Crippen LogP) is 2.59. The maximum atomic E-state index is 9.85. The van der Waals surface area contributed by atoms with Crippen molar-refractivity contribution in [2.45, 2.75) is 18.8 Å². The number of H-pyrrole nitrogens is 1. The Morgan fingerprint density at radius 2 is 2.05 bits per heavy atom. The third-order valence-electron chi connectivity index (χ3n) is 4.55. The van der Waals surface area contributed by atoms with E-state index < -0.39 is 0 Å². The summed E-state index contributed by atoms with van der Waals surface area (Å²) in [6, 6.07) is 8.37. The van der Waals surface area contributed by atoms with Crippen LogP contribution in [0.4, 0.5) is 0 Å². The molecule has 1 atom stereocenters. The Bertz CT molecular complexity index is 540. The van der Waals surface area contributed by atoms with Crippen LogP contribution < -0.4 is 0 Å². The van der Waals surface area contributed by atoms with Gasteiger partial charge >= 0.3 is 0 Å². The largest absolute Gasteiger partial charge is 0.396 e. The van der Waals surface area contributed by atoms with E-state index in [1.165, 1.54) is 29.3 Å². The first kappa shape index (κ1) is 12.7. The second-order valence-corrected chi connectivity index (χ2v) is 5.72. The highest BCUT2D eigenvalue weighted by Gasteiger charge is 2.27. The molecule has 1 fully saturated rings. The average Bonchev–Trinajstić information content (AvgIpc) is 2.86. The number of hydrogen-bond acceptors (Lipinski definition) is 2. The molecule has 0 radical (unpaired) electrons. The summed E-state index contributed by atoms with van der Waals surface area (Å²) in [4.78, 5) is 5.70. The highest BCUT2D eigenvalue weighted by atomic mass is 16.3. The zero-order valence-electron chi connectivity index (χ0n) is 11.5. The molecule has 2 aromatic rings. The molecule has 1 aromatic heterocycles. The van der Waals surface area contributed by atoms with E-state index in [1.807, 2.05) is 6.07 Å². The molecule has 0 saturated carbocycles. The Balaban J connectivity index is 1.89. The molecule has 19 heavy (non-hydrogen) atoms. The number of aromatic amines is 1. The van der Waals surface area contributed by atoms with Gasteiger partial charge in [-0.3, -0.25) is 0 Å². The summed E-state index contributed by atoms with van der Waals surface area (Å²) in [7, 11) is 2.18. The summed E-state index contributed by atoms with van der Waals surface area (Å²) in [5, 5.41) is 11.1. The lowest BCUT2D eigenvalue weighted by Gasteiger charge is -2.33. The number of benzene rings is 1. The smallest absolute Gasteiger partial charge is 0.0503 e. The van der Waals surface area contributed by atoms with Gasteiger partial charge in [0, 0.05) is 23.0 Å². The molecule has 2 heterocycles. The van der Waals surface area contributed by atoms with Gasteiger partial charge in [0.25, 0.3) is 0 Å². The third kappa shape index (κ3) is 2.40. The van der Waals surface area contributed by atoms with Gasteiger partial charge in [0.1, 0.15) is 0 Å². The lowest BCUT2D eigenvalue weighted by Crippen LogP contribution is -2.33. The minimum absolute atomic E-state index is 0.246. The third-order valence-corrected chi connectivity index (χ3v) is 4.55. The lowest BCUT2D eigenvalue weighted by atomic mass is 9.80. The molecule has 0 amide bonds. The van der Waals surface area contributed by atoms with Crippen molar-refractivity contribution in [3.05, 3.63) is 36.0 Å². The van der Waals surface area contributed by atoms with Gasteiger partial charge in [0.2, 0.25) is 0 Å². The monoisotopic (exact) mass is 258 g/mol. The SMILES string of the molecule is CN1CCC(C(CO)c2c[nH]c3ccccc23)CC1. The van der Waals surface area contributed by atoms with Gasteiger partial charge in [-0.15, -0.1) is 0 Å². The molecule has 0 spiro atoms. The Hall–Kier alpha value is -1.32. The van der Waals surface area contributed by atoms with Crippen LogP contribution in [0.15, 0.2) is 30.5 Å². The van der Waals surface area contributed by atoms with Crippen LogP contribution in [-0.4, -0.2) is 41.7 Å². The molecule has 2 N–H and O–H groups in total. The topological polar surface area (TPSA) is 39.3 Å². The molecular formula is C16H22N2O. The Morgan fingerprint density at radius 3 is 2.79 bits per heavy atom. The number of aliphatic hydroxyl groups is 1. The molecular weight excluding hydrogens is 236 g/mol. The van der Waals surface area contributed by atoms with E-state index in [1.54, 1.807) is 0 Å². The molecule has 1 unspecified atom stereocenters. The number of piperidine rings is 1. The van der Waals surface area contributed by atoms with Crippen molar-refractivity contribution in [3.63, 3.8) is 0 Å². The van der Waals surface area contributed by atoms with Crippen LogP contribution in [0.5, 0.6) is 0 Å². The second-order valence-electron chi connectivity index (χ2n) is 5.72. The maximum Gasteiger partial charge on any atom is 0.0503 e. The summed E-state index contributed by atoms with van der Waals surface area (Å²) in [5.74, 6) is 0.866. The van der Waals surface area contributed by atoms with Gasteiger partial charge < -0.3 is 15.0 Å². The van der Waals surface area contributed by atoms with E-state index in [0.29, 0.717) is 5.92 Å². The molecule has 1 aromatic carbocycles. The standard InChI is InChI=1S/C16H22N2O/c1-18-8-6-12(7-9-18)15(11-19)14-10-17-16-5-3-2-4-13(14)16/h2-5,10,12,15,17,19H,6-9,11H2,1H3. The van der Waals surface area contributed by atoms with Gasteiger partial charge in [0.05, 0.1) is 6.61 Å². The first-order valence-corrected chi connectivity index (χ1v) is 7.15.